The fourth-order valence-corrected chi connectivity index (χ4v) is 3.69. The van der Waals surface area contributed by atoms with Crippen molar-refractivity contribution < 1.29 is 14.3 Å². The largest absolute Gasteiger partial charge is 0.494 e. The van der Waals surface area contributed by atoms with Crippen LogP contribution in [0.15, 0.2) is 44.6 Å². The number of fused-ring (bicyclic) bond motifs is 2. The third kappa shape index (κ3) is 2.92. The van der Waals surface area contributed by atoms with E-state index >= 15 is 0 Å². The summed E-state index contributed by atoms with van der Waals surface area (Å²) in [7, 11) is 0. The average molecular weight is 420 g/mol. The van der Waals surface area contributed by atoms with Gasteiger partial charge in [-0.3, -0.25) is 9.59 Å². The van der Waals surface area contributed by atoms with Crippen LogP contribution in [0.5, 0.6) is 5.75 Å². The minimum Gasteiger partial charge on any atom is -0.494 e. The fourth-order valence-electron chi connectivity index (χ4n) is 2.71. The molecule has 4 heteroatoms. The van der Waals surface area contributed by atoms with Gasteiger partial charge in [0.2, 0.25) is 0 Å². The van der Waals surface area contributed by atoms with E-state index in [9.17, 15) is 9.59 Å². The molecule has 0 bridgehead atoms. The molecule has 0 radical (unpaired) electrons. The van der Waals surface area contributed by atoms with Gasteiger partial charge < -0.3 is 4.74 Å². The van der Waals surface area contributed by atoms with Crippen molar-refractivity contribution in [2.45, 2.75) is 26.7 Å². The second-order valence-electron chi connectivity index (χ2n) is 5.73. The van der Waals surface area contributed by atoms with Gasteiger partial charge >= 0.3 is 0 Å². The number of ether oxygens (including phenoxy) is 1. The summed E-state index contributed by atoms with van der Waals surface area (Å²) in [5.74, 6) is 0.539. The standard InChI is InChI=1S/C19H17IO3/c1-3-4-7-23-14-6-5-12-9-13-8-11(2)18(21)17(20)16(13)19(22)15(12)10-14/h5-6,8-10H,3-4,7H2,1-2H3. The third-order valence-corrected chi connectivity index (χ3v) is 5.04. The van der Waals surface area contributed by atoms with Crippen LogP contribution in [0.1, 0.15) is 42.6 Å². The number of ketones is 2. The number of Topliss-reactive ketones (excluding diaryl/α,β-unsaturated/α-hetero) is 2. The van der Waals surface area contributed by atoms with Crippen molar-refractivity contribution in [2.24, 2.45) is 0 Å². The first-order valence-electron chi connectivity index (χ1n) is 7.69. The molecule has 3 nitrogen and oxygen atoms in total. The van der Waals surface area contributed by atoms with E-state index in [1.54, 1.807) is 19.1 Å². The Labute approximate surface area is 149 Å². The van der Waals surface area contributed by atoms with Gasteiger partial charge in [-0.25, -0.2) is 0 Å². The Kier molecular flexibility index (Phi) is 4.53. The van der Waals surface area contributed by atoms with E-state index < -0.39 is 0 Å². The van der Waals surface area contributed by atoms with Crippen LogP contribution in [0.3, 0.4) is 0 Å². The lowest BCUT2D eigenvalue weighted by Gasteiger charge is -2.22. The molecule has 2 aliphatic carbocycles. The summed E-state index contributed by atoms with van der Waals surface area (Å²) in [4.78, 5) is 25.0. The summed E-state index contributed by atoms with van der Waals surface area (Å²) in [5, 5.41) is 0. The zero-order valence-electron chi connectivity index (χ0n) is 13.1. The van der Waals surface area contributed by atoms with E-state index in [-0.39, 0.29) is 11.6 Å². The quantitative estimate of drug-likeness (QED) is 0.526. The van der Waals surface area contributed by atoms with Crippen molar-refractivity contribution in [3.63, 3.8) is 0 Å². The first kappa shape index (κ1) is 16.2. The van der Waals surface area contributed by atoms with E-state index in [2.05, 4.69) is 6.92 Å². The lowest BCUT2D eigenvalue weighted by atomic mass is 9.82. The van der Waals surface area contributed by atoms with Crippen molar-refractivity contribution in [1.82, 2.24) is 0 Å². The van der Waals surface area contributed by atoms with Crippen molar-refractivity contribution in [3.05, 3.63) is 55.7 Å². The number of carbonyl (C=O) groups excluding carboxylic acids is 2. The van der Waals surface area contributed by atoms with Crippen LogP contribution in [-0.2, 0) is 4.79 Å². The second-order valence-corrected chi connectivity index (χ2v) is 6.80. The summed E-state index contributed by atoms with van der Waals surface area (Å²) in [6.07, 6.45) is 5.81. The molecule has 0 atom stereocenters. The Morgan fingerprint density at radius 3 is 2.65 bits per heavy atom. The van der Waals surface area contributed by atoms with Gasteiger partial charge in [-0.05, 0) is 76.9 Å². The molecular formula is C19H17IO3. The van der Waals surface area contributed by atoms with Crippen LogP contribution < -0.4 is 4.74 Å². The maximum absolute atomic E-state index is 12.9. The van der Waals surface area contributed by atoms with Crippen LogP contribution in [-0.4, -0.2) is 18.2 Å². The number of hydrogen-bond acceptors (Lipinski definition) is 3. The zero-order valence-corrected chi connectivity index (χ0v) is 15.3. The lowest BCUT2D eigenvalue weighted by Crippen LogP contribution is -2.19. The molecule has 1 aromatic carbocycles. The highest BCUT2D eigenvalue weighted by Crippen LogP contribution is 2.38. The first-order valence-corrected chi connectivity index (χ1v) is 8.77. The van der Waals surface area contributed by atoms with E-state index in [0.717, 1.165) is 24.0 Å². The zero-order chi connectivity index (χ0) is 16.6. The van der Waals surface area contributed by atoms with E-state index in [1.165, 1.54) is 0 Å². The number of carbonyl (C=O) groups is 2. The molecule has 0 saturated heterocycles. The maximum Gasteiger partial charge on any atom is 0.195 e. The summed E-state index contributed by atoms with van der Waals surface area (Å²) in [5.41, 5.74) is 3.48. The molecule has 0 aliphatic heterocycles. The van der Waals surface area contributed by atoms with Crippen LogP contribution in [0.2, 0.25) is 0 Å². The highest BCUT2D eigenvalue weighted by molar-refractivity contribution is 14.1. The molecule has 23 heavy (non-hydrogen) atoms. The Morgan fingerprint density at radius 2 is 1.91 bits per heavy atom. The van der Waals surface area contributed by atoms with Gasteiger partial charge in [0, 0.05) is 11.1 Å². The molecule has 0 aromatic heterocycles. The summed E-state index contributed by atoms with van der Waals surface area (Å²) >= 11 is 1.98. The monoisotopic (exact) mass is 420 g/mol. The van der Waals surface area contributed by atoms with Gasteiger partial charge in [0.25, 0.3) is 0 Å². The van der Waals surface area contributed by atoms with Crippen molar-refractivity contribution in [3.8, 4) is 5.75 Å². The highest BCUT2D eigenvalue weighted by atomic mass is 127. The summed E-state index contributed by atoms with van der Waals surface area (Å²) in [6, 6.07) is 5.58. The van der Waals surface area contributed by atoms with Crippen LogP contribution >= 0.6 is 22.6 Å². The van der Waals surface area contributed by atoms with E-state index in [4.69, 9.17) is 4.74 Å². The number of benzene rings is 1. The van der Waals surface area contributed by atoms with Crippen LogP contribution in [0.4, 0.5) is 0 Å². The maximum atomic E-state index is 12.9. The van der Waals surface area contributed by atoms with E-state index in [0.29, 0.717) is 32.6 Å². The third-order valence-electron chi connectivity index (χ3n) is 4.01. The first-order chi connectivity index (χ1) is 11.0. The average Bonchev–Trinajstić information content (AvgIpc) is 2.53. The molecular weight excluding hydrogens is 403 g/mol. The van der Waals surface area contributed by atoms with Crippen molar-refractivity contribution in [1.29, 1.82) is 0 Å². The van der Waals surface area contributed by atoms with Crippen LogP contribution in [0, 0.1) is 0 Å². The van der Waals surface area contributed by atoms with Crippen LogP contribution in [0.25, 0.3) is 6.08 Å². The van der Waals surface area contributed by atoms with E-state index in [1.807, 2.05) is 40.8 Å². The van der Waals surface area contributed by atoms with Gasteiger partial charge in [-0.15, -0.1) is 0 Å². The molecule has 0 N–H and O–H groups in total. The Morgan fingerprint density at radius 1 is 1.13 bits per heavy atom. The van der Waals surface area contributed by atoms with Gasteiger partial charge in [-0.1, -0.05) is 19.4 Å². The van der Waals surface area contributed by atoms with Gasteiger partial charge in [0.15, 0.2) is 11.6 Å². The normalized spacial score (nSPS) is 16.7. The second kappa shape index (κ2) is 6.43. The molecule has 0 amide bonds. The molecule has 3 rings (SSSR count). The SMILES string of the molecule is CCCCOc1ccc2c(c1)C(=O)C1=C(I)C(=O)C(C)=CC1=C2. The topological polar surface area (TPSA) is 43.4 Å². The molecule has 0 spiro atoms. The predicted molar refractivity (Wildman–Crippen MR) is 99.0 cm³/mol. The molecule has 1 aromatic rings. The molecule has 0 fully saturated rings. The molecule has 0 saturated carbocycles. The van der Waals surface area contributed by atoms with Crippen molar-refractivity contribution >= 4 is 40.2 Å². The molecule has 0 unspecified atom stereocenters. The summed E-state index contributed by atoms with van der Waals surface area (Å²) in [6.45, 7) is 4.53. The smallest absolute Gasteiger partial charge is 0.195 e. The minimum absolute atomic E-state index is 0.0649. The lowest BCUT2D eigenvalue weighted by molar-refractivity contribution is -0.111. The predicted octanol–water partition coefficient (Wildman–Crippen LogP) is 4.66. The highest BCUT2D eigenvalue weighted by Gasteiger charge is 2.31. The molecule has 118 valence electrons. The Balaban J connectivity index is 2.03. The fraction of sp³-hybridized carbons (Fsp3) is 0.263. The molecule has 0 heterocycles. The molecule has 2 aliphatic rings. The number of allylic oxidation sites excluding steroid dienone is 5. The number of unbranched alkanes of at least 4 members (excludes halogenated alkanes) is 1. The number of hydrogen-bond donors (Lipinski definition) is 0. The number of rotatable bonds is 4. The van der Waals surface area contributed by atoms with Gasteiger partial charge in [-0.2, -0.15) is 0 Å². The van der Waals surface area contributed by atoms with Gasteiger partial charge in [0.1, 0.15) is 5.75 Å². The Hall–Kier alpha value is -1.69. The Bertz CT molecular complexity index is 797. The minimum atomic E-state index is -0.0973. The van der Waals surface area contributed by atoms with Crippen molar-refractivity contribution in [2.75, 3.05) is 6.61 Å². The van der Waals surface area contributed by atoms with Gasteiger partial charge in [0.05, 0.1) is 10.2 Å². The number of halogens is 1. The summed E-state index contributed by atoms with van der Waals surface area (Å²) < 4.78 is 6.19.